The molecule has 1 aromatic heterocycles. The molecular weight excluding hydrogens is 553 g/mol. The summed E-state index contributed by atoms with van der Waals surface area (Å²) < 4.78 is 45.5. The molecule has 1 heterocycles. The summed E-state index contributed by atoms with van der Waals surface area (Å²) in [5, 5.41) is 0.994. The minimum absolute atomic E-state index is 0.0302. The fourth-order valence-electron chi connectivity index (χ4n) is 4.15. The zero-order valence-electron chi connectivity index (χ0n) is 22.8. The Balaban J connectivity index is 1.91. The number of aromatic amines is 1. The molecule has 1 atom stereocenters. The maximum absolute atomic E-state index is 13.5. The lowest BCUT2D eigenvalue weighted by atomic mass is 10.0. The summed E-state index contributed by atoms with van der Waals surface area (Å²) >= 11 is 0. The van der Waals surface area contributed by atoms with Gasteiger partial charge >= 0.3 is 12.1 Å². The summed E-state index contributed by atoms with van der Waals surface area (Å²) in [6.45, 7) is 1.73. The first-order valence-corrected chi connectivity index (χ1v) is 13.2. The van der Waals surface area contributed by atoms with Gasteiger partial charge < -0.3 is 15.5 Å². The molecule has 0 aliphatic heterocycles. The molecule has 0 fully saturated rings. The van der Waals surface area contributed by atoms with Crippen LogP contribution in [0.1, 0.15) is 47.8 Å². The second-order valence-corrected chi connectivity index (χ2v) is 9.20. The molecule has 0 aliphatic carbocycles. The Morgan fingerprint density at radius 1 is 1.00 bits per heavy atom. The summed E-state index contributed by atoms with van der Waals surface area (Å²) in [6, 6.07) is 15.7. The van der Waals surface area contributed by atoms with Crippen molar-refractivity contribution in [3.05, 3.63) is 95.7 Å². The van der Waals surface area contributed by atoms with E-state index >= 15 is 0 Å². The molecule has 0 spiro atoms. The van der Waals surface area contributed by atoms with Crippen molar-refractivity contribution in [3.8, 4) is 11.3 Å². The number of halogens is 3. The molecule has 0 bridgehead atoms. The van der Waals surface area contributed by atoms with Crippen molar-refractivity contribution in [2.24, 2.45) is 5.73 Å². The van der Waals surface area contributed by atoms with Crippen molar-refractivity contribution in [1.29, 1.82) is 0 Å². The highest BCUT2D eigenvalue weighted by molar-refractivity contribution is 5.95. The van der Waals surface area contributed by atoms with Crippen LogP contribution < -0.4 is 11.2 Å². The van der Waals surface area contributed by atoms with Crippen LogP contribution in [0.2, 0.25) is 0 Å². The van der Waals surface area contributed by atoms with Gasteiger partial charge in [0.05, 0.1) is 18.2 Å². The third kappa shape index (κ3) is 9.08. The van der Waals surface area contributed by atoms with Crippen molar-refractivity contribution < 1.29 is 37.1 Å². The monoisotopic (exact) mass is 584 g/mol. The fourth-order valence-corrected chi connectivity index (χ4v) is 4.15. The first-order chi connectivity index (χ1) is 20.0. The Morgan fingerprint density at radius 2 is 1.69 bits per heavy atom. The van der Waals surface area contributed by atoms with E-state index in [-0.39, 0.29) is 42.8 Å². The number of carbonyl (C=O) groups excluding carboxylic acids is 4. The van der Waals surface area contributed by atoms with Gasteiger partial charge in [0, 0.05) is 30.2 Å². The largest absolute Gasteiger partial charge is 0.463 e. The molecule has 0 aliphatic rings. The predicted molar refractivity (Wildman–Crippen MR) is 148 cm³/mol. The molecular formula is C30H31F3N4O5. The molecule has 222 valence electrons. The third-order valence-electron chi connectivity index (χ3n) is 6.17. The van der Waals surface area contributed by atoms with Gasteiger partial charge in [-0.1, -0.05) is 54.6 Å². The topological polar surface area (TPSA) is 135 Å². The quantitative estimate of drug-likeness (QED) is 0.163. The first-order valence-electron chi connectivity index (χ1n) is 13.2. The molecule has 4 N–H and O–H groups in total. The summed E-state index contributed by atoms with van der Waals surface area (Å²) in [5.74, 6) is -2.72. The number of benzene rings is 2. The predicted octanol–water partition coefficient (Wildman–Crippen LogP) is 4.56. The van der Waals surface area contributed by atoms with Gasteiger partial charge in [-0.3, -0.25) is 19.8 Å². The highest BCUT2D eigenvalue weighted by atomic mass is 19.4. The van der Waals surface area contributed by atoms with Gasteiger partial charge in [-0.25, -0.2) is 9.80 Å². The number of alkyl halides is 3. The van der Waals surface area contributed by atoms with Crippen LogP contribution >= 0.6 is 0 Å². The summed E-state index contributed by atoms with van der Waals surface area (Å²) in [4.78, 5) is 52.9. The molecule has 0 radical (unpaired) electrons. The number of hydrogen-bond acceptors (Lipinski definition) is 5. The van der Waals surface area contributed by atoms with Gasteiger partial charge in [0.15, 0.2) is 0 Å². The van der Waals surface area contributed by atoms with Crippen LogP contribution in [-0.2, 0) is 31.7 Å². The summed E-state index contributed by atoms with van der Waals surface area (Å²) in [6.07, 6.45) is -2.13. The lowest BCUT2D eigenvalue weighted by Crippen LogP contribution is -2.51. The molecule has 12 heteroatoms. The number of ether oxygens (including phenoxy) is 1. The van der Waals surface area contributed by atoms with Gasteiger partial charge in [0.2, 0.25) is 11.8 Å². The van der Waals surface area contributed by atoms with Crippen LogP contribution in [0.3, 0.4) is 0 Å². The van der Waals surface area contributed by atoms with E-state index < -0.39 is 41.5 Å². The number of hydrazine groups is 1. The van der Waals surface area contributed by atoms with Crippen LogP contribution in [0.4, 0.5) is 13.2 Å². The Labute approximate surface area is 240 Å². The van der Waals surface area contributed by atoms with Gasteiger partial charge in [0.25, 0.3) is 5.91 Å². The third-order valence-corrected chi connectivity index (χ3v) is 6.17. The number of aryl methyl sites for hydroxylation is 1. The standard InChI is InChI=1S/C30H31F3N4O5/c1-2-42-28(40)19-14-21(13-17-26(34)38)37(27(39)18-12-20-8-4-3-5-9-20)36-29(41)25-16-15-24(35-25)22-10-6-7-11-23(22)30(31,32)33/h3-11,14-16,19,21,35H,2,12-13,17-18H2,1H3,(H2,34,38)(H,36,41)/t21-/m0/s1. The Bertz CT molecular complexity index is 1420. The van der Waals surface area contributed by atoms with Crippen molar-refractivity contribution in [3.63, 3.8) is 0 Å². The number of amides is 3. The van der Waals surface area contributed by atoms with Crippen LogP contribution in [0.25, 0.3) is 11.3 Å². The minimum Gasteiger partial charge on any atom is -0.463 e. The van der Waals surface area contributed by atoms with Crippen molar-refractivity contribution in [2.45, 2.75) is 44.8 Å². The molecule has 2 aromatic carbocycles. The van der Waals surface area contributed by atoms with E-state index in [4.69, 9.17) is 10.5 Å². The van der Waals surface area contributed by atoms with E-state index in [1.807, 2.05) is 30.3 Å². The molecule has 0 saturated carbocycles. The number of nitrogens with zero attached hydrogens (tertiary/aromatic N) is 1. The van der Waals surface area contributed by atoms with E-state index in [9.17, 15) is 32.3 Å². The smallest absolute Gasteiger partial charge is 0.417 e. The number of carbonyl (C=O) groups is 4. The van der Waals surface area contributed by atoms with Gasteiger partial charge in [-0.05, 0) is 43.5 Å². The molecule has 3 amide bonds. The van der Waals surface area contributed by atoms with Crippen LogP contribution in [-0.4, -0.2) is 46.3 Å². The second-order valence-electron chi connectivity index (χ2n) is 9.20. The maximum atomic E-state index is 13.5. The van der Waals surface area contributed by atoms with Gasteiger partial charge in [-0.15, -0.1) is 0 Å². The molecule has 0 unspecified atom stereocenters. The SMILES string of the molecule is CCOC(=O)C=C[C@H](CCC(N)=O)N(NC(=O)c1ccc(-c2ccccc2C(F)(F)F)[nH]1)C(=O)CCc1ccccc1. The van der Waals surface area contributed by atoms with E-state index in [1.165, 1.54) is 36.4 Å². The number of aromatic nitrogens is 1. The first kappa shape index (κ1) is 31.7. The summed E-state index contributed by atoms with van der Waals surface area (Å²) in [7, 11) is 0. The number of nitrogens with one attached hydrogen (secondary N) is 2. The number of hydrogen-bond donors (Lipinski definition) is 3. The van der Waals surface area contributed by atoms with E-state index in [0.29, 0.717) is 6.42 Å². The van der Waals surface area contributed by atoms with Crippen molar-refractivity contribution in [2.75, 3.05) is 6.61 Å². The van der Waals surface area contributed by atoms with E-state index in [1.54, 1.807) is 6.92 Å². The van der Waals surface area contributed by atoms with Crippen LogP contribution in [0.15, 0.2) is 78.9 Å². The Hall–Kier alpha value is -4.87. The normalized spacial score (nSPS) is 12.1. The highest BCUT2D eigenvalue weighted by Crippen LogP contribution is 2.36. The van der Waals surface area contributed by atoms with Crippen molar-refractivity contribution >= 4 is 23.7 Å². The lowest BCUT2D eigenvalue weighted by molar-refractivity contribution is -0.138. The maximum Gasteiger partial charge on any atom is 0.417 e. The molecule has 3 aromatic rings. The van der Waals surface area contributed by atoms with E-state index in [0.717, 1.165) is 22.7 Å². The lowest BCUT2D eigenvalue weighted by Gasteiger charge is -2.30. The average molecular weight is 585 g/mol. The zero-order valence-corrected chi connectivity index (χ0v) is 22.8. The number of H-pyrrole nitrogens is 1. The van der Waals surface area contributed by atoms with Gasteiger partial charge in [-0.2, -0.15) is 13.2 Å². The Kier molecular flexibility index (Phi) is 11.1. The van der Waals surface area contributed by atoms with Gasteiger partial charge in [0.1, 0.15) is 5.69 Å². The Morgan fingerprint density at radius 3 is 2.36 bits per heavy atom. The molecule has 9 nitrogen and oxygen atoms in total. The fraction of sp³-hybridized carbons (Fsp3) is 0.267. The van der Waals surface area contributed by atoms with E-state index in [2.05, 4.69) is 10.4 Å². The molecule has 0 saturated heterocycles. The molecule has 3 rings (SSSR count). The number of esters is 1. The molecule has 42 heavy (non-hydrogen) atoms. The van der Waals surface area contributed by atoms with Crippen LogP contribution in [0, 0.1) is 0 Å². The zero-order chi connectivity index (χ0) is 30.7. The second kappa shape index (κ2) is 14.7. The number of nitrogens with two attached hydrogens (primary N) is 1. The average Bonchev–Trinajstić information content (AvgIpc) is 3.46. The minimum atomic E-state index is -4.62. The highest BCUT2D eigenvalue weighted by Gasteiger charge is 2.34. The summed E-state index contributed by atoms with van der Waals surface area (Å²) in [5.41, 5.74) is 7.56. The number of rotatable bonds is 12. The van der Waals surface area contributed by atoms with Crippen LogP contribution in [0.5, 0.6) is 0 Å². The van der Waals surface area contributed by atoms with Crippen molar-refractivity contribution in [1.82, 2.24) is 15.4 Å². The number of primary amides is 1.